The Bertz CT molecular complexity index is 1920. The summed E-state index contributed by atoms with van der Waals surface area (Å²) in [5, 5.41) is 1.93. The third kappa shape index (κ3) is 6.10. The van der Waals surface area contributed by atoms with Gasteiger partial charge in [0.25, 0.3) is 0 Å². The first-order valence-electron chi connectivity index (χ1n) is 15.2. The minimum Gasteiger partial charge on any atom is -0.497 e. The Morgan fingerprint density at radius 3 is 2.27 bits per heavy atom. The van der Waals surface area contributed by atoms with E-state index in [0.29, 0.717) is 21.3 Å². The highest BCUT2D eigenvalue weighted by Gasteiger charge is 2.56. The lowest BCUT2D eigenvalue weighted by molar-refractivity contribution is -0.137. The van der Waals surface area contributed by atoms with Crippen molar-refractivity contribution >= 4 is 57.9 Å². The molecule has 3 amide bonds. The number of hydrogen-bond acceptors (Lipinski definition) is 8. The highest BCUT2D eigenvalue weighted by atomic mass is 32.2. The van der Waals surface area contributed by atoms with Gasteiger partial charge in [-0.15, -0.1) is 0 Å². The van der Waals surface area contributed by atoms with Gasteiger partial charge in [-0.3, -0.25) is 23.7 Å². The van der Waals surface area contributed by atoms with Crippen molar-refractivity contribution in [3.8, 4) is 5.75 Å². The highest BCUT2D eigenvalue weighted by molar-refractivity contribution is 8.00. The van der Waals surface area contributed by atoms with Gasteiger partial charge in [0.05, 0.1) is 29.3 Å². The quantitative estimate of drug-likeness (QED) is 0.208. The molecule has 1 fully saturated rings. The lowest BCUT2D eigenvalue weighted by Gasteiger charge is -2.31. The number of nitrogens with one attached hydrogen (secondary N) is 1. The minimum atomic E-state index is -4.60. The molecule has 1 saturated heterocycles. The van der Waals surface area contributed by atoms with Crippen LogP contribution in [0.15, 0.2) is 82.6 Å². The Labute approximate surface area is 282 Å². The molecular formula is C34H31F3N4O5S2. The Kier molecular flexibility index (Phi) is 9.14. The van der Waals surface area contributed by atoms with Crippen LogP contribution >= 0.6 is 23.1 Å². The van der Waals surface area contributed by atoms with E-state index in [-0.39, 0.29) is 5.69 Å². The average Bonchev–Trinajstić information content (AvgIpc) is 3.51. The molecule has 2 aliphatic heterocycles. The van der Waals surface area contributed by atoms with Crippen molar-refractivity contribution in [3.63, 3.8) is 0 Å². The van der Waals surface area contributed by atoms with Crippen molar-refractivity contribution < 1.29 is 32.3 Å². The fraction of sp³-hybridized carbons (Fsp3) is 0.294. The van der Waals surface area contributed by atoms with Crippen LogP contribution in [0.25, 0.3) is 0 Å². The number of carbonyl (C=O) groups is 3. The van der Waals surface area contributed by atoms with Gasteiger partial charge in [-0.1, -0.05) is 41.3 Å². The van der Waals surface area contributed by atoms with Crippen molar-refractivity contribution in [2.45, 2.75) is 42.8 Å². The summed E-state index contributed by atoms with van der Waals surface area (Å²) in [4.78, 5) is 58.1. The molecule has 14 heteroatoms. The van der Waals surface area contributed by atoms with Gasteiger partial charge >= 0.3 is 11.0 Å². The van der Waals surface area contributed by atoms with Crippen molar-refractivity contribution in [1.29, 1.82) is 0 Å². The predicted octanol–water partition coefficient (Wildman–Crippen LogP) is 6.22. The second-order valence-electron chi connectivity index (χ2n) is 11.3. The summed E-state index contributed by atoms with van der Waals surface area (Å²) in [5.41, 5.74) is 1.11. The number of hydrogen-bond donors (Lipinski definition) is 1. The first kappa shape index (κ1) is 33.3. The highest BCUT2D eigenvalue weighted by Crippen LogP contribution is 2.54. The second-order valence-corrected chi connectivity index (χ2v) is 13.4. The van der Waals surface area contributed by atoms with Crippen LogP contribution in [0.2, 0.25) is 0 Å². The Morgan fingerprint density at radius 1 is 0.958 bits per heavy atom. The summed E-state index contributed by atoms with van der Waals surface area (Å²) in [5.74, 6) is -2.50. The normalized spacial score (nSPS) is 18.8. The Hall–Kier alpha value is -4.56. The van der Waals surface area contributed by atoms with Crippen LogP contribution < -0.4 is 24.7 Å². The Morgan fingerprint density at radius 2 is 1.65 bits per heavy atom. The van der Waals surface area contributed by atoms with E-state index < -0.39 is 58.0 Å². The lowest BCUT2D eigenvalue weighted by atomic mass is 9.83. The fourth-order valence-electron chi connectivity index (χ4n) is 6.20. The van der Waals surface area contributed by atoms with E-state index >= 15 is 0 Å². The molecule has 1 aromatic heterocycles. The van der Waals surface area contributed by atoms with Crippen LogP contribution in [0.1, 0.15) is 35.8 Å². The maximum atomic E-state index is 14.2. The lowest BCUT2D eigenvalue weighted by Crippen LogP contribution is -2.33. The number of nitrogens with zero attached hydrogens (tertiary/aromatic N) is 3. The van der Waals surface area contributed by atoms with Gasteiger partial charge in [-0.25, -0.2) is 4.90 Å². The SMILES string of the molecule is CCN(CC)c1ccc([C@@H]2c3sc(=O)n(CC(=O)Nc4cccc(C(F)(F)F)c4)c3S[C@H]3C(=O)N(c4ccc(OC)cc4)C(=O)[C@@H]23)cc1. The number of benzene rings is 3. The molecule has 1 N–H and O–H groups in total. The van der Waals surface area contributed by atoms with Crippen molar-refractivity contribution in [2.75, 3.05) is 35.3 Å². The summed E-state index contributed by atoms with van der Waals surface area (Å²) in [7, 11) is 1.51. The molecule has 6 rings (SSSR count). The number of rotatable bonds is 9. The zero-order valence-electron chi connectivity index (χ0n) is 26.1. The maximum Gasteiger partial charge on any atom is 0.416 e. The van der Waals surface area contributed by atoms with Crippen LogP contribution in [-0.4, -0.2) is 47.7 Å². The molecule has 0 saturated carbocycles. The van der Waals surface area contributed by atoms with Gasteiger partial charge in [-0.2, -0.15) is 13.2 Å². The third-order valence-electron chi connectivity index (χ3n) is 8.54. The van der Waals surface area contributed by atoms with Crippen molar-refractivity contribution in [3.05, 3.63) is 98.5 Å². The molecule has 0 unspecified atom stereocenters. The topological polar surface area (TPSA) is 101 Å². The molecule has 3 heterocycles. The van der Waals surface area contributed by atoms with Gasteiger partial charge in [-0.05, 0) is 74.0 Å². The average molecular weight is 697 g/mol. The largest absolute Gasteiger partial charge is 0.497 e. The number of fused-ring (bicyclic) bond motifs is 2. The summed E-state index contributed by atoms with van der Waals surface area (Å²) < 4.78 is 46.2. The molecule has 9 nitrogen and oxygen atoms in total. The predicted molar refractivity (Wildman–Crippen MR) is 179 cm³/mol. The molecule has 2 aliphatic rings. The number of imide groups is 1. The molecule has 250 valence electrons. The van der Waals surface area contributed by atoms with Crippen molar-refractivity contribution in [2.24, 2.45) is 5.92 Å². The van der Waals surface area contributed by atoms with Gasteiger partial charge in [0.2, 0.25) is 17.7 Å². The summed E-state index contributed by atoms with van der Waals surface area (Å²) in [6.45, 7) is 5.19. The molecule has 3 atom stereocenters. The van der Waals surface area contributed by atoms with Crippen molar-refractivity contribution in [1.82, 2.24) is 4.57 Å². The number of carbonyl (C=O) groups excluding carboxylic acids is 3. The fourth-order valence-corrected chi connectivity index (χ4v) is 8.97. The summed E-state index contributed by atoms with van der Waals surface area (Å²) in [6.07, 6.45) is -4.60. The van der Waals surface area contributed by atoms with E-state index in [1.807, 2.05) is 38.1 Å². The van der Waals surface area contributed by atoms with Gasteiger partial charge in [0.1, 0.15) is 17.5 Å². The third-order valence-corrected chi connectivity index (χ3v) is 11.1. The van der Waals surface area contributed by atoms with Gasteiger partial charge in [0, 0.05) is 35.3 Å². The van der Waals surface area contributed by atoms with Crippen LogP contribution in [0, 0.1) is 5.92 Å². The number of ether oxygens (including phenoxy) is 1. The zero-order valence-corrected chi connectivity index (χ0v) is 27.7. The van der Waals surface area contributed by atoms with E-state index in [0.717, 1.165) is 59.6 Å². The maximum absolute atomic E-state index is 14.2. The first-order chi connectivity index (χ1) is 22.9. The van der Waals surface area contributed by atoms with Gasteiger partial charge in [0.15, 0.2) is 0 Å². The van der Waals surface area contributed by atoms with E-state index in [9.17, 15) is 32.3 Å². The number of anilines is 3. The van der Waals surface area contributed by atoms with E-state index in [1.165, 1.54) is 28.7 Å². The molecule has 48 heavy (non-hydrogen) atoms. The molecule has 0 bridgehead atoms. The van der Waals surface area contributed by atoms with E-state index in [2.05, 4.69) is 10.2 Å². The molecule has 0 spiro atoms. The first-order valence-corrected chi connectivity index (χ1v) is 16.9. The number of halogens is 3. The number of thioether (sulfide) groups is 1. The molecule has 0 radical (unpaired) electrons. The van der Waals surface area contributed by atoms with E-state index in [1.54, 1.807) is 24.3 Å². The smallest absolute Gasteiger partial charge is 0.416 e. The summed E-state index contributed by atoms with van der Waals surface area (Å²) >= 11 is 1.96. The number of aromatic nitrogens is 1. The Balaban J connectivity index is 1.38. The second kappa shape index (κ2) is 13.2. The minimum absolute atomic E-state index is 0.0717. The number of thiazole rings is 1. The van der Waals surface area contributed by atoms with E-state index in [4.69, 9.17) is 4.74 Å². The van der Waals surface area contributed by atoms with Crippen LogP contribution in [0.3, 0.4) is 0 Å². The van der Waals surface area contributed by atoms with Crippen LogP contribution in [-0.2, 0) is 27.1 Å². The number of amides is 3. The molecule has 0 aliphatic carbocycles. The number of alkyl halides is 3. The standard InChI is InChI=1S/C34H31F3N4O5S2/c1-4-39(5-2)22-11-9-19(10-12-22)26-27-28(31(44)41(30(27)43)23-13-15-24(46-3)16-14-23)47-32-29(26)48-33(45)40(32)18-25(42)38-21-8-6-7-20(17-21)34(35,36)37/h6-17,26-28H,4-5,18H2,1-3H3,(H,38,42)/t26-,27-,28+/m0/s1. The number of methoxy groups -OCH3 is 1. The van der Waals surface area contributed by atoms with Gasteiger partial charge < -0.3 is 15.0 Å². The summed E-state index contributed by atoms with van der Waals surface area (Å²) in [6, 6.07) is 18.5. The van der Waals surface area contributed by atoms with Crippen LogP contribution in [0.4, 0.5) is 30.2 Å². The zero-order chi connectivity index (χ0) is 34.3. The molecule has 3 aromatic carbocycles. The molecule has 4 aromatic rings. The monoisotopic (exact) mass is 696 g/mol. The van der Waals surface area contributed by atoms with Crippen LogP contribution in [0.5, 0.6) is 5.75 Å². The molecular weight excluding hydrogens is 666 g/mol.